The van der Waals surface area contributed by atoms with E-state index in [9.17, 15) is 4.79 Å². The van der Waals surface area contributed by atoms with Crippen LogP contribution in [0.5, 0.6) is 0 Å². The third-order valence-electron chi connectivity index (χ3n) is 4.11. The number of nitrogens with zero attached hydrogens (tertiary/aromatic N) is 2. The van der Waals surface area contributed by atoms with E-state index in [1.165, 1.54) is 5.56 Å². The Bertz CT molecular complexity index is 918. The minimum atomic E-state index is -0.195. The van der Waals surface area contributed by atoms with Crippen molar-refractivity contribution in [3.63, 3.8) is 0 Å². The summed E-state index contributed by atoms with van der Waals surface area (Å²) < 4.78 is 0. The highest BCUT2D eigenvalue weighted by Crippen LogP contribution is 2.18. The van der Waals surface area contributed by atoms with Crippen molar-refractivity contribution in [2.24, 2.45) is 0 Å². The van der Waals surface area contributed by atoms with Gasteiger partial charge in [0.2, 0.25) is 5.95 Å². The van der Waals surface area contributed by atoms with E-state index in [1.807, 2.05) is 63.2 Å². The molecule has 3 rings (SSSR count). The summed E-state index contributed by atoms with van der Waals surface area (Å²) in [5.74, 6) is 0.230. The molecule has 2 N–H and O–H groups in total. The number of hydrogen-bond acceptors (Lipinski definition) is 4. The average molecular weight is 360 g/mol. The molecule has 0 spiro atoms. The predicted molar refractivity (Wildman–Crippen MR) is 108 cm³/mol. The lowest BCUT2D eigenvalue weighted by molar-refractivity contribution is 0.0949. The van der Waals surface area contributed by atoms with Crippen molar-refractivity contribution in [1.82, 2.24) is 15.3 Å². The molecule has 0 aliphatic rings. The Hall–Kier alpha value is -3.21. The van der Waals surface area contributed by atoms with Crippen LogP contribution in [0.1, 0.15) is 32.9 Å². The summed E-state index contributed by atoms with van der Waals surface area (Å²) in [5.41, 5.74) is 5.52. The van der Waals surface area contributed by atoms with E-state index in [0.29, 0.717) is 18.2 Å². The molecule has 5 nitrogen and oxygen atoms in total. The summed E-state index contributed by atoms with van der Waals surface area (Å²) in [6.07, 6.45) is 0.782. The van der Waals surface area contributed by atoms with Crippen molar-refractivity contribution in [3.8, 4) is 0 Å². The van der Waals surface area contributed by atoms with Gasteiger partial charge in [0.05, 0.1) is 0 Å². The van der Waals surface area contributed by atoms with Gasteiger partial charge in [-0.05, 0) is 62.1 Å². The van der Waals surface area contributed by atoms with Gasteiger partial charge in [0.15, 0.2) is 0 Å². The van der Waals surface area contributed by atoms with Crippen LogP contribution in [-0.4, -0.2) is 22.4 Å². The molecule has 0 atom stereocenters. The number of hydrogen-bond donors (Lipinski definition) is 2. The lowest BCUT2D eigenvalue weighted by Gasteiger charge is -2.10. The number of benzene rings is 2. The van der Waals surface area contributed by atoms with Crippen molar-refractivity contribution < 1.29 is 4.79 Å². The fourth-order valence-electron chi connectivity index (χ4n) is 2.97. The number of rotatable bonds is 6. The highest BCUT2D eigenvalue weighted by molar-refractivity contribution is 5.92. The smallest absolute Gasteiger partial charge is 0.270 e. The van der Waals surface area contributed by atoms with E-state index < -0.39 is 0 Å². The summed E-state index contributed by atoms with van der Waals surface area (Å²) in [6.45, 7) is 6.50. The molecule has 3 aromatic rings. The van der Waals surface area contributed by atoms with Crippen LogP contribution < -0.4 is 10.6 Å². The quantitative estimate of drug-likeness (QED) is 0.694. The molecular formula is C22H24N4O. The van der Waals surface area contributed by atoms with E-state index in [2.05, 4.69) is 26.7 Å². The van der Waals surface area contributed by atoms with E-state index in [0.717, 1.165) is 28.9 Å². The number of aromatic nitrogens is 2. The van der Waals surface area contributed by atoms with Crippen LogP contribution in [-0.2, 0) is 6.42 Å². The second-order valence-corrected chi connectivity index (χ2v) is 6.71. The van der Waals surface area contributed by atoms with E-state index in [4.69, 9.17) is 0 Å². The fraction of sp³-hybridized carbons (Fsp3) is 0.227. The maximum absolute atomic E-state index is 12.5. The molecule has 0 unspecified atom stereocenters. The van der Waals surface area contributed by atoms with Gasteiger partial charge in [0, 0.05) is 17.9 Å². The monoisotopic (exact) mass is 360 g/mol. The highest BCUT2D eigenvalue weighted by Gasteiger charge is 2.11. The molecule has 0 saturated carbocycles. The van der Waals surface area contributed by atoms with Crippen LogP contribution in [0.2, 0.25) is 0 Å². The minimum Gasteiger partial charge on any atom is -0.350 e. The Kier molecular flexibility index (Phi) is 5.81. The van der Waals surface area contributed by atoms with Gasteiger partial charge in [-0.25, -0.2) is 9.97 Å². The van der Waals surface area contributed by atoms with Gasteiger partial charge >= 0.3 is 0 Å². The van der Waals surface area contributed by atoms with Crippen molar-refractivity contribution in [3.05, 3.63) is 82.7 Å². The van der Waals surface area contributed by atoms with Crippen LogP contribution >= 0.6 is 0 Å². The van der Waals surface area contributed by atoms with Crippen molar-refractivity contribution >= 4 is 17.5 Å². The van der Waals surface area contributed by atoms with Gasteiger partial charge in [0.1, 0.15) is 5.69 Å². The average Bonchev–Trinajstić information content (AvgIpc) is 2.61. The Morgan fingerprint density at radius 2 is 1.63 bits per heavy atom. The first kappa shape index (κ1) is 18.6. The summed E-state index contributed by atoms with van der Waals surface area (Å²) in [4.78, 5) is 21.2. The lowest BCUT2D eigenvalue weighted by Crippen LogP contribution is -2.27. The van der Waals surface area contributed by atoms with Crippen LogP contribution in [0, 0.1) is 20.8 Å². The first-order valence-corrected chi connectivity index (χ1v) is 9.03. The molecule has 0 radical (unpaired) electrons. The number of amides is 1. The lowest BCUT2D eigenvalue weighted by atomic mass is 10.1. The maximum atomic E-state index is 12.5. The fourth-order valence-corrected chi connectivity index (χ4v) is 2.97. The number of anilines is 2. The predicted octanol–water partition coefficient (Wildman–Crippen LogP) is 4.12. The summed E-state index contributed by atoms with van der Waals surface area (Å²) in [7, 11) is 0. The van der Waals surface area contributed by atoms with E-state index in [1.54, 1.807) is 6.07 Å². The molecule has 0 fully saturated rings. The number of carbonyl (C=O) groups is 1. The third-order valence-corrected chi connectivity index (χ3v) is 4.11. The SMILES string of the molecule is Cc1cc(C)cc(Nc2nc(C)cc(C(=O)NCCc3ccccc3)n2)c1. The topological polar surface area (TPSA) is 66.9 Å². The zero-order valence-electron chi connectivity index (χ0n) is 15.9. The van der Waals surface area contributed by atoms with Crippen molar-refractivity contribution in [2.75, 3.05) is 11.9 Å². The molecule has 27 heavy (non-hydrogen) atoms. The van der Waals surface area contributed by atoms with Gasteiger partial charge < -0.3 is 10.6 Å². The van der Waals surface area contributed by atoms with Crippen molar-refractivity contribution in [2.45, 2.75) is 27.2 Å². The molecule has 0 aliphatic carbocycles. The van der Waals surface area contributed by atoms with Gasteiger partial charge in [-0.2, -0.15) is 0 Å². The maximum Gasteiger partial charge on any atom is 0.270 e. The largest absolute Gasteiger partial charge is 0.350 e. The first-order chi connectivity index (χ1) is 13.0. The molecule has 0 bridgehead atoms. The second-order valence-electron chi connectivity index (χ2n) is 6.71. The van der Waals surface area contributed by atoms with Gasteiger partial charge in [-0.3, -0.25) is 4.79 Å². The molecule has 1 heterocycles. The number of carbonyl (C=O) groups excluding carboxylic acids is 1. The normalized spacial score (nSPS) is 10.5. The molecule has 0 aliphatic heterocycles. The Labute approximate surface area is 159 Å². The van der Waals surface area contributed by atoms with E-state index >= 15 is 0 Å². The van der Waals surface area contributed by atoms with Gasteiger partial charge in [0.25, 0.3) is 5.91 Å². The minimum absolute atomic E-state index is 0.195. The second kappa shape index (κ2) is 8.45. The third kappa shape index (κ3) is 5.38. The molecule has 138 valence electrons. The molecule has 0 saturated heterocycles. The number of aryl methyl sites for hydroxylation is 3. The van der Waals surface area contributed by atoms with Crippen molar-refractivity contribution in [1.29, 1.82) is 0 Å². The van der Waals surface area contributed by atoms with Gasteiger partial charge in [-0.15, -0.1) is 0 Å². The Morgan fingerprint density at radius 1 is 0.926 bits per heavy atom. The van der Waals surface area contributed by atoms with Crippen LogP contribution in [0.25, 0.3) is 0 Å². The highest BCUT2D eigenvalue weighted by atomic mass is 16.1. The zero-order valence-corrected chi connectivity index (χ0v) is 15.9. The van der Waals surface area contributed by atoms with Crippen LogP contribution in [0.4, 0.5) is 11.6 Å². The molecule has 5 heteroatoms. The zero-order chi connectivity index (χ0) is 19.2. The summed E-state index contributed by atoms with van der Waals surface area (Å²) in [5, 5.41) is 6.13. The molecule has 1 aromatic heterocycles. The molecule has 2 aromatic carbocycles. The number of nitrogens with one attached hydrogen (secondary N) is 2. The van der Waals surface area contributed by atoms with E-state index in [-0.39, 0.29) is 5.91 Å². The molecular weight excluding hydrogens is 336 g/mol. The Balaban J connectivity index is 1.67. The van der Waals surface area contributed by atoms with Crippen LogP contribution in [0.15, 0.2) is 54.6 Å². The summed E-state index contributed by atoms with van der Waals surface area (Å²) >= 11 is 0. The first-order valence-electron chi connectivity index (χ1n) is 9.03. The van der Waals surface area contributed by atoms with Gasteiger partial charge in [-0.1, -0.05) is 36.4 Å². The standard InChI is InChI=1S/C22H24N4O/c1-15-11-16(2)13-19(12-15)25-22-24-17(3)14-20(26-22)21(27)23-10-9-18-7-5-4-6-8-18/h4-8,11-14H,9-10H2,1-3H3,(H,23,27)(H,24,25,26). The summed E-state index contributed by atoms with van der Waals surface area (Å²) in [6, 6.07) is 17.9. The molecule has 1 amide bonds. The van der Waals surface area contributed by atoms with Crippen LogP contribution in [0.3, 0.4) is 0 Å². The Morgan fingerprint density at radius 3 is 2.33 bits per heavy atom.